The second kappa shape index (κ2) is 7.04. The van der Waals surface area contributed by atoms with E-state index >= 15 is 0 Å². The maximum Gasteiger partial charge on any atom is 0.123 e. The number of aromatic hydroxyl groups is 1. The first-order chi connectivity index (χ1) is 9.61. The Balaban J connectivity index is 2.04. The highest BCUT2D eigenvalue weighted by Gasteiger charge is 2.26. The topological polar surface area (TPSA) is 32.7 Å². The zero-order valence-electron chi connectivity index (χ0n) is 12.3. The van der Waals surface area contributed by atoms with E-state index < -0.39 is 0 Å². The average Bonchev–Trinajstić information content (AvgIpc) is 2.47. The first kappa shape index (κ1) is 15.3. The number of hydrogen-bond donors (Lipinski definition) is 1. The van der Waals surface area contributed by atoms with Crippen molar-refractivity contribution in [3.8, 4) is 5.75 Å². The summed E-state index contributed by atoms with van der Waals surface area (Å²) in [5.41, 5.74) is 0.654. The molecule has 1 saturated heterocycles. The van der Waals surface area contributed by atoms with Crippen LogP contribution >= 0.6 is 0 Å². The van der Waals surface area contributed by atoms with Crippen LogP contribution < -0.4 is 0 Å². The molecule has 2 atom stereocenters. The highest BCUT2D eigenvalue weighted by molar-refractivity contribution is 5.35. The van der Waals surface area contributed by atoms with Gasteiger partial charge in [0.25, 0.3) is 0 Å². The van der Waals surface area contributed by atoms with Gasteiger partial charge in [-0.15, -0.1) is 0 Å². The van der Waals surface area contributed by atoms with Gasteiger partial charge in [-0.25, -0.2) is 4.39 Å². The zero-order chi connectivity index (χ0) is 14.5. The number of halogens is 1. The standard InChI is InChI=1S/C16H24FNO2/c1-3-9-20-14-5-4-8-18(11-14)12(2)15-10-13(17)6-7-16(15)19/h6-7,10,12,14,19H,3-5,8-9,11H2,1-2H3. The molecular weight excluding hydrogens is 257 g/mol. The molecule has 0 bridgehead atoms. The Hall–Kier alpha value is -1.13. The van der Waals surface area contributed by atoms with E-state index in [1.807, 2.05) is 6.92 Å². The van der Waals surface area contributed by atoms with E-state index in [-0.39, 0.29) is 23.7 Å². The summed E-state index contributed by atoms with van der Waals surface area (Å²) in [6.45, 7) is 6.71. The molecule has 112 valence electrons. The van der Waals surface area contributed by atoms with Gasteiger partial charge in [0.15, 0.2) is 0 Å². The predicted molar refractivity (Wildman–Crippen MR) is 77.3 cm³/mol. The van der Waals surface area contributed by atoms with Crippen LogP contribution in [0.25, 0.3) is 0 Å². The third-order valence-corrected chi connectivity index (χ3v) is 3.95. The second-order valence-electron chi connectivity index (χ2n) is 5.51. The van der Waals surface area contributed by atoms with Gasteiger partial charge in [0.05, 0.1) is 6.10 Å². The number of piperidine rings is 1. The molecule has 1 aliphatic heterocycles. The minimum absolute atomic E-state index is 0.00118. The van der Waals surface area contributed by atoms with Crippen molar-refractivity contribution >= 4 is 0 Å². The number of nitrogens with zero attached hydrogens (tertiary/aromatic N) is 1. The number of hydrogen-bond acceptors (Lipinski definition) is 3. The van der Waals surface area contributed by atoms with Crippen LogP contribution in [-0.2, 0) is 4.74 Å². The Morgan fingerprint density at radius 2 is 2.30 bits per heavy atom. The van der Waals surface area contributed by atoms with Crippen LogP contribution in [0.3, 0.4) is 0 Å². The van der Waals surface area contributed by atoms with Crippen LogP contribution in [-0.4, -0.2) is 35.8 Å². The Morgan fingerprint density at radius 3 is 3.05 bits per heavy atom. The molecule has 0 spiro atoms. The van der Waals surface area contributed by atoms with E-state index in [1.165, 1.54) is 18.2 Å². The Bertz CT molecular complexity index is 438. The van der Waals surface area contributed by atoms with E-state index in [1.54, 1.807) is 0 Å². The molecule has 0 aliphatic carbocycles. The minimum Gasteiger partial charge on any atom is -0.508 e. The molecule has 3 nitrogen and oxygen atoms in total. The highest BCUT2D eigenvalue weighted by atomic mass is 19.1. The third-order valence-electron chi connectivity index (χ3n) is 3.95. The van der Waals surface area contributed by atoms with Crippen molar-refractivity contribution in [2.24, 2.45) is 0 Å². The van der Waals surface area contributed by atoms with Gasteiger partial charge in [-0.1, -0.05) is 6.92 Å². The maximum absolute atomic E-state index is 13.4. The van der Waals surface area contributed by atoms with Crippen LogP contribution in [0.1, 0.15) is 44.7 Å². The molecule has 1 N–H and O–H groups in total. The molecule has 2 unspecified atom stereocenters. The predicted octanol–water partition coefficient (Wildman–Crippen LogP) is 3.48. The van der Waals surface area contributed by atoms with Crippen LogP contribution in [0, 0.1) is 5.82 Å². The summed E-state index contributed by atoms with van der Waals surface area (Å²) in [5.74, 6) is -0.143. The van der Waals surface area contributed by atoms with Gasteiger partial charge in [0, 0.05) is 24.8 Å². The lowest BCUT2D eigenvalue weighted by Gasteiger charge is -2.37. The smallest absolute Gasteiger partial charge is 0.123 e. The first-order valence-electron chi connectivity index (χ1n) is 7.46. The largest absolute Gasteiger partial charge is 0.508 e. The zero-order valence-corrected chi connectivity index (χ0v) is 12.3. The summed E-state index contributed by atoms with van der Waals surface area (Å²) in [4.78, 5) is 2.26. The number of benzene rings is 1. The molecule has 1 heterocycles. The van der Waals surface area contributed by atoms with Crippen molar-refractivity contribution in [3.05, 3.63) is 29.6 Å². The minimum atomic E-state index is -0.305. The van der Waals surface area contributed by atoms with Crippen molar-refractivity contribution in [1.82, 2.24) is 4.90 Å². The fraction of sp³-hybridized carbons (Fsp3) is 0.625. The van der Waals surface area contributed by atoms with Crippen molar-refractivity contribution in [3.63, 3.8) is 0 Å². The van der Waals surface area contributed by atoms with Gasteiger partial charge in [-0.2, -0.15) is 0 Å². The maximum atomic E-state index is 13.4. The Labute approximate surface area is 120 Å². The van der Waals surface area contributed by atoms with Gasteiger partial charge in [-0.3, -0.25) is 4.90 Å². The number of phenols is 1. The van der Waals surface area contributed by atoms with Crippen LogP contribution in [0.5, 0.6) is 5.75 Å². The number of ether oxygens (including phenoxy) is 1. The lowest BCUT2D eigenvalue weighted by Crippen LogP contribution is -2.41. The van der Waals surface area contributed by atoms with E-state index in [0.29, 0.717) is 5.56 Å². The van der Waals surface area contributed by atoms with E-state index in [0.717, 1.165) is 39.0 Å². The van der Waals surface area contributed by atoms with E-state index in [9.17, 15) is 9.50 Å². The summed E-state index contributed by atoms with van der Waals surface area (Å²) in [6.07, 6.45) is 3.44. The lowest BCUT2D eigenvalue weighted by atomic mass is 10.0. The average molecular weight is 281 g/mol. The summed E-state index contributed by atoms with van der Waals surface area (Å²) in [5, 5.41) is 9.92. The molecule has 0 amide bonds. The van der Waals surface area contributed by atoms with Gasteiger partial charge < -0.3 is 9.84 Å². The molecule has 1 fully saturated rings. The quantitative estimate of drug-likeness (QED) is 0.897. The third kappa shape index (κ3) is 3.70. The number of phenolic OH excluding ortho intramolecular Hbond substituents is 1. The molecule has 1 aromatic carbocycles. The molecule has 4 heteroatoms. The van der Waals surface area contributed by atoms with Crippen molar-refractivity contribution in [2.45, 2.75) is 45.3 Å². The monoisotopic (exact) mass is 281 g/mol. The fourth-order valence-corrected chi connectivity index (χ4v) is 2.80. The Morgan fingerprint density at radius 1 is 1.50 bits per heavy atom. The van der Waals surface area contributed by atoms with Crippen molar-refractivity contribution in [2.75, 3.05) is 19.7 Å². The van der Waals surface area contributed by atoms with E-state index in [4.69, 9.17) is 4.74 Å². The van der Waals surface area contributed by atoms with Gasteiger partial charge in [-0.05, 0) is 50.9 Å². The second-order valence-corrected chi connectivity index (χ2v) is 5.51. The molecule has 0 saturated carbocycles. The van der Waals surface area contributed by atoms with E-state index in [2.05, 4.69) is 11.8 Å². The molecule has 2 rings (SSSR count). The SMILES string of the molecule is CCCOC1CCCN(C(C)c2cc(F)ccc2O)C1. The van der Waals surface area contributed by atoms with Gasteiger partial charge in [0.2, 0.25) is 0 Å². The molecule has 1 aliphatic rings. The Kier molecular flexibility index (Phi) is 5.38. The van der Waals surface area contributed by atoms with Gasteiger partial charge in [0.1, 0.15) is 11.6 Å². The molecular formula is C16H24FNO2. The normalized spacial score (nSPS) is 21.9. The fourth-order valence-electron chi connectivity index (χ4n) is 2.80. The summed E-state index contributed by atoms with van der Waals surface area (Å²) < 4.78 is 19.2. The molecule has 1 aromatic rings. The summed E-state index contributed by atoms with van der Waals surface area (Å²) >= 11 is 0. The number of rotatable bonds is 5. The van der Waals surface area contributed by atoms with Crippen LogP contribution in [0.4, 0.5) is 4.39 Å². The molecule has 0 radical (unpaired) electrons. The lowest BCUT2D eigenvalue weighted by molar-refractivity contribution is -0.0109. The van der Waals surface area contributed by atoms with Crippen LogP contribution in [0.2, 0.25) is 0 Å². The van der Waals surface area contributed by atoms with Gasteiger partial charge >= 0.3 is 0 Å². The van der Waals surface area contributed by atoms with Crippen molar-refractivity contribution in [1.29, 1.82) is 0 Å². The summed E-state index contributed by atoms with van der Waals surface area (Å²) in [6, 6.07) is 4.14. The molecule has 20 heavy (non-hydrogen) atoms. The van der Waals surface area contributed by atoms with Crippen molar-refractivity contribution < 1.29 is 14.2 Å². The number of likely N-dealkylation sites (tertiary alicyclic amines) is 1. The first-order valence-corrected chi connectivity index (χ1v) is 7.46. The van der Waals surface area contributed by atoms with Crippen LogP contribution in [0.15, 0.2) is 18.2 Å². The molecule has 0 aromatic heterocycles. The summed E-state index contributed by atoms with van der Waals surface area (Å²) in [7, 11) is 0. The highest BCUT2D eigenvalue weighted by Crippen LogP contribution is 2.31.